The second kappa shape index (κ2) is 5.52. The van der Waals surface area contributed by atoms with Crippen LogP contribution >= 0.6 is 0 Å². The van der Waals surface area contributed by atoms with Gasteiger partial charge in [0.05, 0.1) is 12.7 Å². The Balaban J connectivity index is 1.96. The number of halogens is 1. The molecule has 3 heteroatoms. The number of ether oxygens (including phenoxy) is 1. The molecule has 0 aromatic heterocycles. The van der Waals surface area contributed by atoms with Gasteiger partial charge in [-0.2, -0.15) is 0 Å². The molecule has 0 heterocycles. The Labute approximate surface area is 122 Å². The van der Waals surface area contributed by atoms with Gasteiger partial charge in [0, 0.05) is 0 Å². The van der Waals surface area contributed by atoms with Crippen molar-refractivity contribution in [3.63, 3.8) is 0 Å². The lowest BCUT2D eigenvalue weighted by molar-refractivity contribution is 0.0600. The number of hydrogen-bond donors (Lipinski definition) is 0. The molecule has 0 saturated heterocycles. The number of allylic oxidation sites excluding steroid dienone is 1. The van der Waals surface area contributed by atoms with Crippen LogP contribution in [0.5, 0.6) is 0 Å². The number of benzene rings is 2. The summed E-state index contributed by atoms with van der Waals surface area (Å²) >= 11 is 0. The minimum absolute atomic E-state index is 0.222. The maximum absolute atomic E-state index is 13.3. The Hall–Kier alpha value is -2.42. The maximum Gasteiger partial charge on any atom is 0.337 e. The molecule has 0 bridgehead atoms. The minimum atomic E-state index is -0.322. The van der Waals surface area contributed by atoms with Gasteiger partial charge in [-0.15, -0.1) is 0 Å². The van der Waals surface area contributed by atoms with Gasteiger partial charge < -0.3 is 4.74 Å². The molecule has 0 amide bonds. The van der Waals surface area contributed by atoms with Crippen LogP contribution in [0.15, 0.2) is 42.5 Å². The summed E-state index contributed by atoms with van der Waals surface area (Å²) in [6, 6.07) is 12.2. The fourth-order valence-electron chi connectivity index (χ4n) is 2.65. The van der Waals surface area contributed by atoms with Gasteiger partial charge in [-0.05, 0) is 59.4 Å². The molecule has 0 aliphatic heterocycles. The maximum atomic E-state index is 13.3. The standard InChI is InChI=1S/C18H15FO2/c1-21-18(20)16-8-7-14-9-13(5-6-15(14)10-16)12-3-2-4-17(19)11-12/h2-4,7-11H,5-6H2,1H3. The first-order valence-electron chi connectivity index (χ1n) is 6.85. The summed E-state index contributed by atoms with van der Waals surface area (Å²) < 4.78 is 18.1. The molecule has 2 aromatic carbocycles. The van der Waals surface area contributed by atoms with Gasteiger partial charge in [-0.25, -0.2) is 9.18 Å². The highest BCUT2D eigenvalue weighted by atomic mass is 19.1. The van der Waals surface area contributed by atoms with E-state index in [1.54, 1.807) is 18.2 Å². The zero-order chi connectivity index (χ0) is 14.8. The van der Waals surface area contributed by atoms with E-state index in [2.05, 4.69) is 6.08 Å². The Kier molecular flexibility index (Phi) is 3.57. The average molecular weight is 282 g/mol. The summed E-state index contributed by atoms with van der Waals surface area (Å²) in [4.78, 5) is 11.5. The van der Waals surface area contributed by atoms with Gasteiger partial charge in [0.25, 0.3) is 0 Å². The van der Waals surface area contributed by atoms with Crippen LogP contribution < -0.4 is 0 Å². The zero-order valence-corrected chi connectivity index (χ0v) is 11.7. The molecule has 2 aromatic rings. The number of methoxy groups -OCH3 is 1. The molecule has 2 nitrogen and oxygen atoms in total. The van der Waals surface area contributed by atoms with Crippen molar-refractivity contribution in [2.24, 2.45) is 0 Å². The third-order valence-electron chi connectivity index (χ3n) is 3.75. The van der Waals surface area contributed by atoms with E-state index in [-0.39, 0.29) is 11.8 Å². The number of hydrogen-bond acceptors (Lipinski definition) is 2. The van der Waals surface area contributed by atoms with Crippen LogP contribution in [0.25, 0.3) is 11.6 Å². The molecular formula is C18H15FO2. The van der Waals surface area contributed by atoms with Crippen LogP contribution in [0.1, 0.15) is 33.5 Å². The summed E-state index contributed by atoms with van der Waals surface area (Å²) in [6.45, 7) is 0. The summed E-state index contributed by atoms with van der Waals surface area (Å²) in [5.74, 6) is -0.544. The SMILES string of the molecule is COC(=O)c1ccc2c(c1)CCC(c1cccc(F)c1)=C2. The molecule has 21 heavy (non-hydrogen) atoms. The molecule has 1 aliphatic carbocycles. The Morgan fingerprint density at radius 3 is 2.76 bits per heavy atom. The lowest BCUT2D eigenvalue weighted by Gasteiger charge is -2.17. The van der Waals surface area contributed by atoms with Crippen LogP contribution in [0.2, 0.25) is 0 Å². The van der Waals surface area contributed by atoms with E-state index in [9.17, 15) is 9.18 Å². The largest absolute Gasteiger partial charge is 0.465 e. The van der Waals surface area contributed by atoms with Gasteiger partial charge in [-0.3, -0.25) is 0 Å². The van der Waals surface area contributed by atoms with Crippen molar-refractivity contribution in [1.29, 1.82) is 0 Å². The van der Waals surface area contributed by atoms with Gasteiger partial charge in [0.15, 0.2) is 0 Å². The highest BCUT2D eigenvalue weighted by molar-refractivity contribution is 5.91. The van der Waals surface area contributed by atoms with Gasteiger partial charge in [0.1, 0.15) is 5.82 Å². The van der Waals surface area contributed by atoms with Crippen molar-refractivity contribution >= 4 is 17.6 Å². The first-order valence-corrected chi connectivity index (χ1v) is 6.85. The average Bonchev–Trinajstić information content (AvgIpc) is 2.53. The van der Waals surface area contributed by atoms with E-state index >= 15 is 0 Å². The minimum Gasteiger partial charge on any atom is -0.465 e. The van der Waals surface area contributed by atoms with E-state index in [0.29, 0.717) is 5.56 Å². The lowest BCUT2D eigenvalue weighted by atomic mass is 9.88. The van der Waals surface area contributed by atoms with Crippen LogP contribution in [0.3, 0.4) is 0 Å². The second-order valence-corrected chi connectivity index (χ2v) is 5.09. The number of aryl methyl sites for hydroxylation is 1. The summed E-state index contributed by atoms with van der Waals surface area (Å²) in [6.07, 6.45) is 3.73. The van der Waals surface area contributed by atoms with Gasteiger partial charge >= 0.3 is 5.97 Å². The summed E-state index contributed by atoms with van der Waals surface area (Å²) in [7, 11) is 1.38. The number of fused-ring (bicyclic) bond motifs is 1. The van der Waals surface area contributed by atoms with Crippen LogP contribution in [-0.2, 0) is 11.2 Å². The fourth-order valence-corrected chi connectivity index (χ4v) is 2.65. The number of rotatable bonds is 2. The molecule has 0 unspecified atom stereocenters. The first-order chi connectivity index (χ1) is 10.2. The molecule has 0 spiro atoms. The van der Waals surface area contributed by atoms with Crippen molar-refractivity contribution in [3.05, 3.63) is 70.5 Å². The third kappa shape index (κ3) is 2.72. The molecule has 0 atom stereocenters. The van der Waals surface area contributed by atoms with E-state index in [0.717, 1.165) is 35.1 Å². The predicted octanol–water partition coefficient (Wildman–Crippen LogP) is 4.10. The highest BCUT2D eigenvalue weighted by Gasteiger charge is 2.15. The number of carbonyl (C=O) groups is 1. The van der Waals surface area contributed by atoms with Crippen molar-refractivity contribution in [2.75, 3.05) is 7.11 Å². The molecular weight excluding hydrogens is 267 g/mol. The fraction of sp³-hybridized carbons (Fsp3) is 0.167. The van der Waals surface area contributed by atoms with Crippen molar-refractivity contribution in [2.45, 2.75) is 12.8 Å². The van der Waals surface area contributed by atoms with E-state index in [1.807, 2.05) is 18.2 Å². The van der Waals surface area contributed by atoms with Gasteiger partial charge in [0.2, 0.25) is 0 Å². The van der Waals surface area contributed by atoms with Crippen molar-refractivity contribution in [1.82, 2.24) is 0 Å². The Morgan fingerprint density at radius 1 is 1.14 bits per heavy atom. The van der Waals surface area contributed by atoms with Crippen LogP contribution in [0, 0.1) is 5.82 Å². The first kappa shape index (κ1) is 13.6. The van der Waals surface area contributed by atoms with E-state index in [1.165, 1.54) is 13.2 Å². The Bertz CT molecular complexity index is 732. The van der Waals surface area contributed by atoms with Crippen molar-refractivity contribution in [3.8, 4) is 0 Å². The Morgan fingerprint density at radius 2 is 2.00 bits per heavy atom. The topological polar surface area (TPSA) is 26.3 Å². The predicted molar refractivity (Wildman–Crippen MR) is 80.4 cm³/mol. The normalized spacial score (nSPS) is 13.3. The van der Waals surface area contributed by atoms with Crippen molar-refractivity contribution < 1.29 is 13.9 Å². The quantitative estimate of drug-likeness (QED) is 0.775. The monoisotopic (exact) mass is 282 g/mol. The molecule has 0 radical (unpaired) electrons. The molecule has 106 valence electrons. The smallest absolute Gasteiger partial charge is 0.337 e. The number of carbonyl (C=O) groups excluding carboxylic acids is 1. The molecule has 1 aliphatic rings. The molecule has 0 fully saturated rings. The van der Waals surface area contributed by atoms with Crippen LogP contribution in [0.4, 0.5) is 4.39 Å². The zero-order valence-electron chi connectivity index (χ0n) is 11.7. The lowest BCUT2D eigenvalue weighted by Crippen LogP contribution is -2.05. The van der Waals surface area contributed by atoms with E-state index in [4.69, 9.17) is 4.74 Å². The second-order valence-electron chi connectivity index (χ2n) is 5.09. The third-order valence-corrected chi connectivity index (χ3v) is 3.75. The van der Waals surface area contributed by atoms with E-state index < -0.39 is 0 Å². The molecule has 0 N–H and O–H groups in total. The summed E-state index contributed by atoms with van der Waals surface area (Å²) in [5, 5.41) is 0. The highest BCUT2D eigenvalue weighted by Crippen LogP contribution is 2.31. The molecule has 0 saturated carbocycles. The molecule has 3 rings (SSSR count). The number of esters is 1. The van der Waals surface area contributed by atoms with Gasteiger partial charge in [-0.1, -0.05) is 24.3 Å². The van der Waals surface area contributed by atoms with Crippen LogP contribution in [-0.4, -0.2) is 13.1 Å². The summed E-state index contributed by atoms with van der Waals surface area (Å²) in [5.41, 5.74) is 4.80.